The predicted molar refractivity (Wildman–Crippen MR) is 103 cm³/mol. The van der Waals surface area contributed by atoms with E-state index >= 15 is 0 Å². The van der Waals surface area contributed by atoms with Crippen molar-refractivity contribution in [3.63, 3.8) is 0 Å². The number of nitrogens with zero attached hydrogens (tertiary/aromatic N) is 2. The maximum atomic E-state index is 13.4. The fourth-order valence-corrected chi connectivity index (χ4v) is 4.07. The van der Waals surface area contributed by atoms with Crippen LogP contribution in [0.1, 0.15) is 24.5 Å². The molecule has 1 amide bonds. The molecule has 2 aliphatic heterocycles. The van der Waals surface area contributed by atoms with Crippen LogP contribution in [-0.2, 0) is 21.5 Å². The van der Waals surface area contributed by atoms with Gasteiger partial charge in [-0.25, -0.2) is 0 Å². The molecule has 1 fully saturated rings. The molecule has 2 heterocycles. The first kappa shape index (κ1) is 17.3. The van der Waals surface area contributed by atoms with Gasteiger partial charge in [0.25, 0.3) is 0 Å². The largest absolute Gasteiger partial charge is 0.379 e. The van der Waals surface area contributed by atoms with Crippen molar-refractivity contribution >= 4 is 11.6 Å². The molecule has 4 nitrogen and oxygen atoms in total. The molecule has 0 aromatic heterocycles. The van der Waals surface area contributed by atoms with Crippen LogP contribution in [0.15, 0.2) is 54.6 Å². The number of carbonyl (C=O) groups is 1. The van der Waals surface area contributed by atoms with Crippen molar-refractivity contribution in [2.45, 2.75) is 25.3 Å². The van der Waals surface area contributed by atoms with E-state index in [1.165, 1.54) is 0 Å². The van der Waals surface area contributed by atoms with E-state index in [1.54, 1.807) is 0 Å². The highest BCUT2D eigenvalue weighted by atomic mass is 16.5. The number of amides is 1. The quantitative estimate of drug-likeness (QED) is 0.830. The van der Waals surface area contributed by atoms with Crippen molar-refractivity contribution in [1.82, 2.24) is 4.90 Å². The first-order valence-corrected chi connectivity index (χ1v) is 9.44. The van der Waals surface area contributed by atoms with Gasteiger partial charge in [-0.05, 0) is 37.1 Å². The summed E-state index contributed by atoms with van der Waals surface area (Å²) in [6, 6.07) is 18.5. The number of fused-ring (bicyclic) bond motifs is 1. The smallest absolute Gasteiger partial charge is 0.237 e. The van der Waals surface area contributed by atoms with E-state index in [1.807, 2.05) is 35.2 Å². The van der Waals surface area contributed by atoms with E-state index in [4.69, 9.17) is 4.74 Å². The fourth-order valence-electron chi connectivity index (χ4n) is 4.07. The van der Waals surface area contributed by atoms with Crippen LogP contribution in [0, 0.1) is 0 Å². The maximum absolute atomic E-state index is 13.4. The number of anilines is 1. The van der Waals surface area contributed by atoms with Crippen molar-refractivity contribution in [3.05, 3.63) is 65.7 Å². The van der Waals surface area contributed by atoms with E-state index in [2.05, 4.69) is 36.1 Å². The van der Waals surface area contributed by atoms with Gasteiger partial charge in [0.05, 0.1) is 25.2 Å². The van der Waals surface area contributed by atoms with Gasteiger partial charge >= 0.3 is 0 Å². The molecule has 1 atom stereocenters. The zero-order chi connectivity index (χ0) is 18.0. The molecule has 0 unspecified atom stereocenters. The van der Waals surface area contributed by atoms with Crippen LogP contribution in [0.5, 0.6) is 0 Å². The van der Waals surface area contributed by atoms with E-state index in [0.29, 0.717) is 6.54 Å². The van der Waals surface area contributed by atoms with Gasteiger partial charge in [-0.1, -0.05) is 48.5 Å². The van der Waals surface area contributed by atoms with E-state index in [9.17, 15) is 4.79 Å². The lowest BCUT2D eigenvalue weighted by Gasteiger charge is -2.31. The van der Waals surface area contributed by atoms with E-state index in [0.717, 1.165) is 56.1 Å². The fraction of sp³-hybridized carbons (Fsp3) is 0.409. The minimum Gasteiger partial charge on any atom is -0.379 e. The van der Waals surface area contributed by atoms with Gasteiger partial charge in [0.15, 0.2) is 0 Å². The molecular weight excluding hydrogens is 324 g/mol. The molecule has 0 saturated carbocycles. The Kier molecular flexibility index (Phi) is 4.79. The predicted octanol–water partition coefficient (Wildman–Crippen LogP) is 3.21. The van der Waals surface area contributed by atoms with Crippen LogP contribution in [0.2, 0.25) is 0 Å². The van der Waals surface area contributed by atoms with E-state index in [-0.39, 0.29) is 5.91 Å². The normalized spacial score (nSPS) is 23.3. The van der Waals surface area contributed by atoms with Gasteiger partial charge < -0.3 is 9.64 Å². The van der Waals surface area contributed by atoms with Gasteiger partial charge in [0.2, 0.25) is 5.91 Å². The monoisotopic (exact) mass is 350 g/mol. The topological polar surface area (TPSA) is 32.8 Å². The summed E-state index contributed by atoms with van der Waals surface area (Å²) in [5.41, 5.74) is 2.93. The Morgan fingerprint density at radius 2 is 1.69 bits per heavy atom. The number of rotatable bonds is 5. The highest BCUT2D eigenvalue weighted by Crippen LogP contribution is 2.44. The average molecular weight is 350 g/mol. The van der Waals surface area contributed by atoms with Gasteiger partial charge in [0.1, 0.15) is 0 Å². The molecule has 4 rings (SSSR count). The number of hydrogen-bond acceptors (Lipinski definition) is 3. The lowest BCUT2D eigenvalue weighted by atomic mass is 9.80. The Bertz CT molecular complexity index is 771. The van der Waals surface area contributed by atoms with Crippen LogP contribution < -0.4 is 4.90 Å². The number of para-hydroxylation sites is 1. The molecule has 1 saturated heterocycles. The van der Waals surface area contributed by atoms with Crippen molar-refractivity contribution in [2.24, 2.45) is 0 Å². The summed E-state index contributed by atoms with van der Waals surface area (Å²) in [5.74, 6) is 0.218. The number of ether oxygens (including phenoxy) is 1. The van der Waals surface area contributed by atoms with Crippen molar-refractivity contribution in [1.29, 1.82) is 0 Å². The molecule has 136 valence electrons. The minimum atomic E-state index is -0.455. The van der Waals surface area contributed by atoms with Crippen LogP contribution in [0.4, 0.5) is 5.69 Å². The summed E-state index contributed by atoms with van der Waals surface area (Å²) in [6.07, 6.45) is 0.841. The van der Waals surface area contributed by atoms with Gasteiger partial charge in [0, 0.05) is 18.8 Å². The highest BCUT2D eigenvalue weighted by molar-refractivity contribution is 6.07. The van der Waals surface area contributed by atoms with Gasteiger partial charge in [-0.15, -0.1) is 0 Å². The molecule has 2 aromatic carbocycles. The third kappa shape index (κ3) is 3.15. The molecule has 26 heavy (non-hydrogen) atoms. The summed E-state index contributed by atoms with van der Waals surface area (Å²) in [6.45, 7) is 7.17. The Morgan fingerprint density at radius 1 is 1.00 bits per heavy atom. The Labute approximate surface area is 155 Å². The van der Waals surface area contributed by atoms with Crippen molar-refractivity contribution in [3.8, 4) is 0 Å². The van der Waals surface area contributed by atoms with Crippen LogP contribution in [0.3, 0.4) is 0 Å². The zero-order valence-electron chi connectivity index (χ0n) is 15.4. The first-order valence-electron chi connectivity index (χ1n) is 9.44. The second-order valence-electron chi connectivity index (χ2n) is 7.43. The van der Waals surface area contributed by atoms with Gasteiger partial charge in [-0.2, -0.15) is 0 Å². The maximum Gasteiger partial charge on any atom is 0.237 e. The third-order valence-electron chi connectivity index (χ3n) is 5.72. The summed E-state index contributed by atoms with van der Waals surface area (Å²) in [5, 5.41) is 0. The number of carbonyl (C=O) groups excluding carboxylic acids is 1. The van der Waals surface area contributed by atoms with Crippen LogP contribution in [-0.4, -0.2) is 43.7 Å². The summed E-state index contributed by atoms with van der Waals surface area (Å²) in [7, 11) is 0. The summed E-state index contributed by atoms with van der Waals surface area (Å²) >= 11 is 0. The molecule has 0 bridgehead atoms. The number of benzene rings is 2. The molecule has 2 aromatic rings. The van der Waals surface area contributed by atoms with Crippen molar-refractivity contribution < 1.29 is 9.53 Å². The Balaban J connectivity index is 1.58. The summed E-state index contributed by atoms with van der Waals surface area (Å²) < 4.78 is 5.44. The molecule has 0 spiro atoms. The standard InChI is InChI=1S/C22H26N2O2/c1-22(11-12-23-13-15-26-16-14-23)19-9-5-6-10-20(19)24(21(22)25)17-18-7-3-2-4-8-18/h2-10H,11-17H2,1H3/t22-/m0/s1. The number of morpholine rings is 1. The average Bonchev–Trinajstić information content (AvgIpc) is 2.91. The van der Waals surface area contributed by atoms with Crippen LogP contribution >= 0.6 is 0 Å². The van der Waals surface area contributed by atoms with Gasteiger partial charge in [-0.3, -0.25) is 9.69 Å². The lowest BCUT2D eigenvalue weighted by Crippen LogP contribution is -2.43. The number of hydrogen-bond donors (Lipinski definition) is 0. The SMILES string of the molecule is C[C@@]1(CCN2CCOCC2)C(=O)N(Cc2ccccc2)c2ccccc21. The molecule has 2 aliphatic rings. The molecule has 0 N–H and O–H groups in total. The Morgan fingerprint density at radius 3 is 2.46 bits per heavy atom. The summed E-state index contributed by atoms with van der Waals surface area (Å²) in [4.78, 5) is 17.8. The van der Waals surface area contributed by atoms with Crippen LogP contribution in [0.25, 0.3) is 0 Å². The Hall–Kier alpha value is -2.17. The van der Waals surface area contributed by atoms with Crippen molar-refractivity contribution in [2.75, 3.05) is 37.7 Å². The third-order valence-corrected chi connectivity index (χ3v) is 5.72. The van der Waals surface area contributed by atoms with E-state index < -0.39 is 5.41 Å². The molecule has 0 radical (unpaired) electrons. The zero-order valence-corrected chi connectivity index (χ0v) is 15.4. The first-order chi connectivity index (χ1) is 12.7. The molecular formula is C22H26N2O2. The second kappa shape index (κ2) is 7.22. The molecule has 4 heteroatoms. The lowest BCUT2D eigenvalue weighted by molar-refractivity contribution is -0.123. The highest BCUT2D eigenvalue weighted by Gasteiger charge is 2.46. The minimum absolute atomic E-state index is 0.218. The molecule has 0 aliphatic carbocycles. The second-order valence-corrected chi connectivity index (χ2v) is 7.43.